The van der Waals surface area contributed by atoms with Crippen molar-refractivity contribution in [2.45, 2.75) is 32.2 Å². The number of unbranched alkanes of at least 4 members (excludes halogenated alkanes) is 2. The average molecular weight is 302 g/mol. The number of carbonyl (C=O) groups is 1. The molecule has 1 aromatic heterocycles. The van der Waals surface area contributed by atoms with Gasteiger partial charge < -0.3 is 15.7 Å². The van der Waals surface area contributed by atoms with Gasteiger partial charge in [0.1, 0.15) is 18.2 Å². The van der Waals surface area contributed by atoms with E-state index in [0.717, 1.165) is 30.2 Å². The Morgan fingerprint density at radius 3 is 2.86 bits per heavy atom. The van der Waals surface area contributed by atoms with E-state index in [2.05, 4.69) is 20.6 Å². The summed E-state index contributed by atoms with van der Waals surface area (Å²) in [7, 11) is 0. The molecule has 0 aliphatic carbocycles. The van der Waals surface area contributed by atoms with Gasteiger partial charge in [-0.2, -0.15) is 0 Å². The number of aromatic nitrogens is 2. The van der Waals surface area contributed by atoms with Gasteiger partial charge in [0.15, 0.2) is 0 Å². The van der Waals surface area contributed by atoms with Gasteiger partial charge in [0.25, 0.3) is 0 Å². The van der Waals surface area contributed by atoms with Crippen LogP contribution in [-0.4, -0.2) is 40.2 Å². The Balaban J connectivity index is 1.90. The molecule has 0 radical (unpaired) electrons. The predicted octanol–water partition coefficient (Wildman–Crippen LogP) is 1.71. The second-order valence-corrected chi connectivity index (χ2v) is 5.18. The second kappa shape index (κ2) is 8.29. The van der Waals surface area contributed by atoms with Crippen LogP contribution in [0.25, 0.3) is 10.9 Å². The molecule has 0 aliphatic rings. The van der Waals surface area contributed by atoms with E-state index in [-0.39, 0.29) is 18.6 Å². The van der Waals surface area contributed by atoms with Crippen molar-refractivity contribution in [2.24, 2.45) is 0 Å². The minimum absolute atomic E-state index is 0.0632. The Bertz CT molecular complexity index is 613. The molecule has 0 aliphatic heterocycles. The lowest BCUT2D eigenvalue weighted by Gasteiger charge is -2.15. The summed E-state index contributed by atoms with van der Waals surface area (Å²) in [5, 5.41) is 15.6. The molecule has 1 heterocycles. The van der Waals surface area contributed by atoms with Crippen LogP contribution in [0.1, 0.15) is 26.2 Å². The summed E-state index contributed by atoms with van der Waals surface area (Å²) in [5.41, 5.74) is 0.844. The second-order valence-electron chi connectivity index (χ2n) is 5.18. The number of hydrogen-bond donors (Lipinski definition) is 3. The van der Waals surface area contributed by atoms with Crippen molar-refractivity contribution in [3.8, 4) is 0 Å². The van der Waals surface area contributed by atoms with Crippen LogP contribution in [0.15, 0.2) is 30.6 Å². The molecule has 1 unspecified atom stereocenters. The summed E-state index contributed by atoms with van der Waals surface area (Å²) >= 11 is 0. The summed E-state index contributed by atoms with van der Waals surface area (Å²) < 4.78 is 0. The van der Waals surface area contributed by atoms with Crippen molar-refractivity contribution in [2.75, 3.05) is 18.5 Å². The fraction of sp³-hybridized carbons (Fsp3) is 0.438. The summed E-state index contributed by atoms with van der Waals surface area (Å²) in [6.07, 6.45) is 4.05. The highest BCUT2D eigenvalue weighted by atomic mass is 16.2. The highest BCUT2D eigenvalue weighted by Crippen LogP contribution is 2.18. The van der Waals surface area contributed by atoms with Crippen LogP contribution in [0.2, 0.25) is 0 Å². The molecular formula is C16H22N4O2. The van der Waals surface area contributed by atoms with Gasteiger partial charge >= 0.3 is 0 Å². The van der Waals surface area contributed by atoms with Crippen LogP contribution in [-0.2, 0) is 4.79 Å². The number of aliphatic hydroxyl groups excluding tert-OH is 1. The molecule has 1 amide bonds. The quantitative estimate of drug-likeness (QED) is 0.646. The maximum Gasteiger partial charge on any atom is 0.242 e. The highest BCUT2D eigenvalue weighted by Gasteiger charge is 2.14. The number of para-hydroxylation sites is 1. The third-order valence-electron chi connectivity index (χ3n) is 3.42. The van der Waals surface area contributed by atoms with E-state index in [1.54, 1.807) is 6.92 Å². The molecule has 118 valence electrons. The molecule has 3 N–H and O–H groups in total. The van der Waals surface area contributed by atoms with Gasteiger partial charge in [-0.25, -0.2) is 9.97 Å². The summed E-state index contributed by atoms with van der Waals surface area (Å²) in [5.74, 6) is 0.597. The number of carbonyl (C=O) groups excluding carboxylic acids is 1. The van der Waals surface area contributed by atoms with Crippen LogP contribution >= 0.6 is 0 Å². The first-order chi connectivity index (χ1) is 10.7. The molecule has 2 aromatic rings. The lowest BCUT2D eigenvalue weighted by molar-refractivity contribution is -0.121. The number of hydrogen-bond acceptors (Lipinski definition) is 5. The van der Waals surface area contributed by atoms with E-state index >= 15 is 0 Å². The molecular weight excluding hydrogens is 280 g/mol. The maximum atomic E-state index is 12.0. The normalized spacial score (nSPS) is 12.1. The van der Waals surface area contributed by atoms with E-state index in [9.17, 15) is 4.79 Å². The molecule has 1 atom stereocenters. The molecule has 6 nitrogen and oxygen atoms in total. The minimum Gasteiger partial charge on any atom is -0.396 e. The Morgan fingerprint density at radius 1 is 1.23 bits per heavy atom. The van der Waals surface area contributed by atoms with Gasteiger partial charge in [-0.05, 0) is 38.3 Å². The van der Waals surface area contributed by atoms with E-state index in [1.165, 1.54) is 6.33 Å². The van der Waals surface area contributed by atoms with Crippen LogP contribution in [0, 0.1) is 0 Å². The van der Waals surface area contributed by atoms with E-state index in [0.29, 0.717) is 12.4 Å². The van der Waals surface area contributed by atoms with Crippen LogP contribution < -0.4 is 10.6 Å². The summed E-state index contributed by atoms with van der Waals surface area (Å²) in [6.45, 7) is 2.63. The number of nitrogens with zero attached hydrogens (tertiary/aromatic N) is 2. The van der Waals surface area contributed by atoms with E-state index < -0.39 is 0 Å². The van der Waals surface area contributed by atoms with Gasteiger partial charge in [0.05, 0.1) is 5.52 Å². The molecule has 22 heavy (non-hydrogen) atoms. The number of amides is 1. The smallest absolute Gasteiger partial charge is 0.242 e. The standard InChI is InChI=1S/C16H22N4O2/c1-12(16(22)17-9-5-2-6-10-21)20-15-13-7-3-4-8-14(13)18-11-19-15/h3-4,7-8,11-12,21H,2,5-6,9-10H2,1H3,(H,17,22)(H,18,19,20). The average Bonchev–Trinajstić information content (AvgIpc) is 2.54. The van der Waals surface area contributed by atoms with Crippen molar-refractivity contribution in [1.82, 2.24) is 15.3 Å². The number of benzene rings is 1. The van der Waals surface area contributed by atoms with Gasteiger partial charge in [-0.3, -0.25) is 4.79 Å². The van der Waals surface area contributed by atoms with Gasteiger partial charge in [0.2, 0.25) is 5.91 Å². The first kappa shape index (κ1) is 16.2. The predicted molar refractivity (Wildman–Crippen MR) is 86.6 cm³/mol. The lowest BCUT2D eigenvalue weighted by atomic mass is 10.2. The zero-order chi connectivity index (χ0) is 15.8. The zero-order valence-electron chi connectivity index (χ0n) is 12.7. The lowest BCUT2D eigenvalue weighted by Crippen LogP contribution is -2.38. The SMILES string of the molecule is CC(Nc1ncnc2ccccc12)C(=O)NCCCCCO. The number of nitrogens with one attached hydrogen (secondary N) is 2. The van der Waals surface area contributed by atoms with Crippen molar-refractivity contribution in [3.05, 3.63) is 30.6 Å². The van der Waals surface area contributed by atoms with Gasteiger partial charge in [-0.15, -0.1) is 0 Å². The van der Waals surface area contributed by atoms with Crippen LogP contribution in [0.5, 0.6) is 0 Å². The van der Waals surface area contributed by atoms with Crippen LogP contribution in [0.3, 0.4) is 0 Å². The van der Waals surface area contributed by atoms with E-state index in [1.807, 2.05) is 24.3 Å². The van der Waals surface area contributed by atoms with Crippen molar-refractivity contribution < 1.29 is 9.90 Å². The third kappa shape index (κ3) is 4.39. The van der Waals surface area contributed by atoms with E-state index in [4.69, 9.17) is 5.11 Å². The van der Waals surface area contributed by atoms with Gasteiger partial charge in [0, 0.05) is 18.5 Å². The molecule has 0 saturated heterocycles. The summed E-state index contributed by atoms with van der Waals surface area (Å²) in [6, 6.07) is 7.30. The van der Waals surface area contributed by atoms with Crippen molar-refractivity contribution in [3.63, 3.8) is 0 Å². The monoisotopic (exact) mass is 302 g/mol. The Morgan fingerprint density at radius 2 is 2.05 bits per heavy atom. The van der Waals surface area contributed by atoms with Crippen molar-refractivity contribution >= 4 is 22.6 Å². The Hall–Kier alpha value is -2.21. The van der Waals surface area contributed by atoms with Crippen LogP contribution in [0.4, 0.5) is 5.82 Å². The van der Waals surface area contributed by atoms with Gasteiger partial charge in [-0.1, -0.05) is 12.1 Å². The molecule has 2 rings (SSSR count). The number of fused-ring (bicyclic) bond motifs is 1. The largest absolute Gasteiger partial charge is 0.396 e. The summed E-state index contributed by atoms with van der Waals surface area (Å²) in [4.78, 5) is 20.5. The molecule has 0 fully saturated rings. The molecule has 0 bridgehead atoms. The Kier molecular flexibility index (Phi) is 6.09. The zero-order valence-corrected chi connectivity index (χ0v) is 12.7. The number of aliphatic hydroxyl groups is 1. The first-order valence-corrected chi connectivity index (χ1v) is 7.57. The number of rotatable bonds is 8. The van der Waals surface area contributed by atoms with Crippen molar-refractivity contribution in [1.29, 1.82) is 0 Å². The minimum atomic E-state index is -0.379. The molecule has 0 saturated carbocycles. The third-order valence-corrected chi connectivity index (χ3v) is 3.42. The first-order valence-electron chi connectivity index (χ1n) is 7.57. The maximum absolute atomic E-state index is 12.0. The fourth-order valence-corrected chi connectivity index (χ4v) is 2.17. The Labute approximate surface area is 130 Å². The molecule has 1 aromatic carbocycles. The highest BCUT2D eigenvalue weighted by molar-refractivity contribution is 5.91. The molecule has 6 heteroatoms. The number of anilines is 1. The fourth-order valence-electron chi connectivity index (χ4n) is 2.17. The topological polar surface area (TPSA) is 87.1 Å². The molecule has 0 spiro atoms.